The first-order chi connectivity index (χ1) is 10.5. The summed E-state index contributed by atoms with van der Waals surface area (Å²) in [6.07, 6.45) is 2.82. The highest BCUT2D eigenvalue weighted by Gasteiger charge is 2.48. The molecule has 0 aromatic heterocycles. The molecule has 2 aliphatic carbocycles. The molecule has 2 fully saturated rings. The lowest BCUT2D eigenvalue weighted by atomic mass is 10.1. The number of halogens is 1. The maximum atomic E-state index is 12.7. The van der Waals surface area contributed by atoms with Gasteiger partial charge in [0.05, 0.1) is 5.92 Å². The zero-order chi connectivity index (χ0) is 15.9. The van der Waals surface area contributed by atoms with Gasteiger partial charge in [-0.1, -0.05) is 30.7 Å². The van der Waals surface area contributed by atoms with Crippen LogP contribution in [0.1, 0.15) is 37.7 Å². The molecule has 118 valence electrons. The maximum absolute atomic E-state index is 12.7. The molecule has 0 saturated heterocycles. The number of rotatable bonds is 6. The number of amides is 1. The Labute approximate surface area is 135 Å². The van der Waals surface area contributed by atoms with Gasteiger partial charge in [-0.15, -0.1) is 0 Å². The molecular formula is C17H20ClNO3. The highest BCUT2D eigenvalue weighted by atomic mass is 35.5. The van der Waals surface area contributed by atoms with E-state index in [1.165, 1.54) is 0 Å². The third-order valence-electron chi connectivity index (χ3n) is 4.55. The molecule has 3 unspecified atom stereocenters. The van der Waals surface area contributed by atoms with Crippen LogP contribution in [-0.2, 0) is 9.59 Å². The predicted octanol–water partition coefficient (Wildman–Crippen LogP) is 3.16. The number of hydrogen-bond acceptors (Lipinski definition) is 2. The number of aliphatic carboxylic acids is 1. The Morgan fingerprint density at radius 2 is 2.14 bits per heavy atom. The number of carboxylic acid groups (broad SMARTS) is 1. The van der Waals surface area contributed by atoms with E-state index < -0.39 is 11.9 Å². The second kappa shape index (κ2) is 5.92. The van der Waals surface area contributed by atoms with Crippen molar-refractivity contribution in [2.45, 2.75) is 38.1 Å². The summed E-state index contributed by atoms with van der Waals surface area (Å²) in [5.41, 5.74) is 1.10. The van der Waals surface area contributed by atoms with Gasteiger partial charge in [0.2, 0.25) is 5.91 Å². The number of nitrogens with zero attached hydrogens (tertiary/aromatic N) is 1. The summed E-state index contributed by atoms with van der Waals surface area (Å²) in [5, 5.41) is 9.77. The Hall–Kier alpha value is -1.55. The average molecular weight is 322 g/mol. The maximum Gasteiger partial charge on any atom is 0.308 e. The molecular weight excluding hydrogens is 302 g/mol. The number of benzene rings is 1. The Morgan fingerprint density at radius 1 is 1.41 bits per heavy atom. The van der Waals surface area contributed by atoms with E-state index in [2.05, 4.69) is 0 Å². The monoisotopic (exact) mass is 321 g/mol. The molecule has 1 aromatic rings. The molecule has 22 heavy (non-hydrogen) atoms. The van der Waals surface area contributed by atoms with E-state index in [1.807, 2.05) is 24.3 Å². The lowest BCUT2D eigenvalue weighted by Crippen LogP contribution is -2.39. The van der Waals surface area contributed by atoms with E-state index in [-0.39, 0.29) is 23.8 Å². The predicted molar refractivity (Wildman–Crippen MR) is 83.8 cm³/mol. The van der Waals surface area contributed by atoms with Crippen LogP contribution >= 0.6 is 11.6 Å². The summed E-state index contributed by atoms with van der Waals surface area (Å²) < 4.78 is 0. The topological polar surface area (TPSA) is 57.6 Å². The lowest BCUT2D eigenvalue weighted by molar-refractivity contribution is -0.143. The van der Waals surface area contributed by atoms with Crippen LogP contribution in [0.3, 0.4) is 0 Å². The van der Waals surface area contributed by atoms with Crippen LogP contribution in [0, 0.1) is 11.8 Å². The summed E-state index contributed by atoms with van der Waals surface area (Å²) in [5.74, 6) is -1.04. The molecule has 1 aromatic carbocycles. The molecule has 0 radical (unpaired) electrons. The van der Waals surface area contributed by atoms with E-state index in [9.17, 15) is 9.59 Å². The van der Waals surface area contributed by atoms with E-state index in [0.29, 0.717) is 11.6 Å². The molecule has 2 aliphatic rings. The van der Waals surface area contributed by atoms with Crippen LogP contribution < -0.4 is 0 Å². The minimum Gasteiger partial charge on any atom is -0.481 e. The van der Waals surface area contributed by atoms with Crippen LogP contribution in [-0.4, -0.2) is 34.5 Å². The van der Waals surface area contributed by atoms with Crippen molar-refractivity contribution in [3.8, 4) is 0 Å². The molecule has 0 bridgehead atoms. The SMILES string of the molecule is CC(CN(C(=O)C1CC1c1cccc(Cl)c1)C1CC1)C(=O)O. The fourth-order valence-corrected chi connectivity index (χ4v) is 3.16. The van der Waals surface area contributed by atoms with E-state index >= 15 is 0 Å². The highest BCUT2D eigenvalue weighted by molar-refractivity contribution is 6.30. The number of carboxylic acids is 1. The van der Waals surface area contributed by atoms with E-state index in [4.69, 9.17) is 16.7 Å². The van der Waals surface area contributed by atoms with Crippen molar-refractivity contribution < 1.29 is 14.7 Å². The molecule has 0 aliphatic heterocycles. The van der Waals surface area contributed by atoms with Crippen molar-refractivity contribution in [3.63, 3.8) is 0 Å². The van der Waals surface area contributed by atoms with Gasteiger partial charge in [0, 0.05) is 23.5 Å². The van der Waals surface area contributed by atoms with E-state index in [1.54, 1.807) is 11.8 Å². The quantitative estimate of drug-likeness (QED) is 0.875. The molecule has 4 nitrogen and oxygen atoms in total. The summed E-state index contributed by atoms with van der Waals surface area (Å²) in [6, 6.07) is 7.90. The Balaban J connectivity index is 1.66. The Bertz CT molecular complexity index is 599. The number of carbonyl (C=O) groups is 2. The highest BCUT2D eigenvalue weighted by Crippen LogP contribution is 2.49. The first-order valence-corrected chi connectivity index (χ1v) is 8.14. The average Bonchev–Trinajstić information content (AvgIpc) is 3.37. The van der Waals surface area contributed by atoms with Gasteiger partial charge >= 0.3 is 5.97 Å². The minimum absolute atomic E-state index is 0.0138. The lowest BCUT2D eigenvalue weighted by Gasteiger charge is -2.24. The summed E-state index contributed by atoms with van der Waals surface area (Å²) in [7, 11) is 0. The van der Waals surface area contributed by atoms with Crippen LogP contribution in [0.2, 0.25) is 5.02 Å². The van der Waals surface area contributed by atoms with Gasteiger partial charge in [-0.25, -0.2) is 0 Å². The summed E-state index contributed by atoms with van der Waals surface area (Å²) in [4.78, 5) is 25.6. The van der Waals surface area contributed by atoms with Crippen molar-refractivity contribution >= 4 is 23.5 Å². The molecule has 5 heteroatoms. The van der Waals surface area contributed by atoms with Crippen LogP contribution in [0.15, 0.2) is 24.3 Å². The molecule has 0 spiro atoms. The number of hydrogen-bond donors (Lipinski definition) is 1. The first kappa shape index (κ1) is 15.3. The van der Waals surface area contributed by atoms with Crippen LogP contribution in [0.5, 0.6) is 0 Å². The fraction of sp³-hybridized carbons (Fsp3) is 0.529. The zero-order valence-electron chi connectivity index (χ0n) is 12.5. The standard InChI is InChI=1S/C17H20ClNO3/c1-10(17(21)22)9-19(13-5-6-13)16(20)15-8-14(15)11-3-2-4-12(18)7-11/h2-4,7,10,13-15H,5-6,8-9H2,1H3,(H,21,22). The van der Waals surface area contributed by atoms with Gasteiger partial charge in [0.25, 0.3) is 0 Å². The molecule has 1 amide bonds. The third kappa shape index (κ3) is 3.27. The van der Waals surface area contributed by atoms with Crippen molar-refractivity contribution in [1.82, 2.24) is 4.90 Å². The normalized spacial score (nSPS) is 24.6. The first-order valence-electron chi connectivity index (χ1n) is 7.76. The molecule has 0 heterocycles. The summed E-state index contributed by atoms with van der Waals surface area (Å²) >= 11 is 6.01. The van der Waals surface area contributed by atoms with Gasteiger partial charge in [-0.2, -0.15) is 0 Å². The van der Waals surface area contributed by atoms with Crippen molar-refractivity contribution in [2.24, 2.45) is 11.8 Å². The second-order valence-corrected chi connectivity index (χ2v) is 6.90. The van der Waals surface area contributed by atoms with Crippen molar-refractivity contribution in [2.75, 3.05) is 6.54 Å². The van der Waals surface area contributed by atoms with E-state index in [0.717, 1.165) is 24.8 Å². The van der Waals surface area contributed by atoms with Crippen molar-refractivity contribution in [3.05, 3.63) is 34.9 Å². The Morgan fingerprint density at radius 3 is 2.73 bits per heavy atom. The molecule has 2 saturated carbocycles. The largest absolute Gasteiger partial charge is 0.481 e. The summed E-state index contributed by atoms with van der Waals surface area (Å²) in [6.45, 7) is 1.98. The number of carbonyl (C=O) groups excluding carboxylic acids is 1. The zero-order valence-corrected chi connectivity index (χ0v) is 13.3. The molecule has 3 rings (SSSR count). The van der Waals surface area contributed by atoms with Gasteiger partial charge in [0.1, 0.15) is 0 Å². The fourth-order valence-electron chi connectivity index (χ4n) is 2.96. The van der Waals surface area contributed by atoms with Gasteiger partial charge in [-0.3, -0.25) is 9.59 Å². The smallest absolute Gasteiger partial charge is 0.308 e. The molecule has 1 N–H and O–H groups in total. The third-order valence-corrected chi connectivity index (χ3v) is 4.78. The van der Waals surface area contributed by atoms with Gasteiger partial charge in [0.15, 0.2) is 0 Å². The molecule has 3 atom stereocenters. The van der Waals surface area contributed by atoms with Gasteiger partial charge < -0.3 is 10.0 Å². The van der Waals surface area contributed by atoms with Gasteiger partial charge in [-0.05, 0) is 42.9 Å². The second-order valence-electron chi connectivity index (χ2n) is 6.46. The van der Waals surface area contributed by atoms with Crippen molar-refractivity contribution in [1.29, 1.82) is 0 Å². The Kier molecular flexibility index (Phi) is 4.13. The van der Waals surface area contributed by atoms with Crippen LogP contribution in [0.4, 0.5) is 0 Å². The van der Waals surface area contributed by atoms with Crippen LogP contribution in [0.25, 0.3) is 0 Å². The minimum atomic E-state index is -0.847.